The standard InChI is InChI=1S/C8H8BrNS/c1-5(4-10)8-3-7(9)6(2)11-8/h3,5H,1-2H3. The van der Waals surface area contributed by atoms with Crippen molar-refractivity contribution in [3.05, 3.63) is 20.3 Å². The molecule has 1 atom stereocenters. The Labute approximate surface area is 78.8 Å². The molecule has 0 amide bonds. The maximum atomic E-state index is 8.63. The summed E-state index contributed by atoms with van der Waals surface area (Å²) in [6.45, 7) is 3.96. The van der Waals surface area contributed by atoms with Crippen LogP contribution in [0.25, 0.3) is 0 Å². The van der Waals surface area contributed by atoms with Crippen molar-refractivity contribution in [2.75, 3.05) is 0 Å². The molecule has 1 heterocycles. The van der Waals surface area contributed by atoms with E-state index in [9.17, 15) is 0 Å². The van der Waals surface area contributed by atoms with E-state index in [1.807, 2.05) is 19.9 Å². The molecule has 0 N–H and O–H groups in total. The van der Waals surface area contributed by atoms with Gasteiger partial charge in [-0.05, 0) is 35.8 Å². The molecule has 1 nitrogen and oxygen atoms in total. The van der Waals surface area contributed by atoms with Crippen LogP contribution in [0.2, 0.25) is 0 Å². The predicted octanol–water partition coefficient (Wildman–Crippen LogP) is 3.45. The lowest BCUT2D eigenvalue weighted by Gasteiger charge is -1.93. The van der Waals surface area contributed by atoms with Crippen molar-refractivity contribution < 1.29 is 0 Å². The van der Waals surface area contributed by atoms with Gasteiger partial charge in [0.15, 0.2) is 0 Å². The Morgan fingerprint density at radius 1 is 1.73 bits per heavy atom. The van der Waals surface area contributed by atoms with Crippen molar-refractivity contribution >= 4 is 27.3 Å². The first-order valence-corrected chi connectivity index (χ1v) is 4.91. The van der Waals surface area contributed by atoms with Gasteiger partial charge in [0.2, 0.25) is 0 Å². The second kappa shape index (κ2) is 3.38. The number of rotatable bonds is 1. The molecule has 0 aromatic carbocycles. The molecule has 1 aromatic rings. The van der Waals surface area contributed by atoms with Gasteiger partial charge in [-0.25, -0.2) is 0 Å². The average Bonchev–Trinajstić information content (AvgIpc) is 2.31. The normalized spacial score (nSPS) is 12.5. The van der Waals surface area contributed by atoms with Crippen LogP contribution in [-0.2, 0) is 0 Å². The summed E-state index contributed by atoms with van der Waals surface area (Å²) in [5, 5.41) is 8.63. The highest BCUT2D eigenvalue weighted by atomic mass is 79.9. The van der Waals surface area contributed by atoms with Crippen LogP contribution in [0.1, 0.15) is 22.6 Å². The third kappa shape index (κ3) is 1.82. The Hall–Kier alpha value is -0.330. The molecule has 0 spiro atoms. The van der Waals surface area contributed by atoms with Gasteiger partial charge in [0.1, 0.15) is 0 Å². The van der Waals surface area contributed by atoms with Crippen molar-refractivity contribution in [1.29, 1.82) is 5.26 Å². The van der Waals surface area contributed by atoms with Gasteiger partial charge in [0.25, 0.3) is 0 Å². The number of nitrogens with zero attached hydrogens (tertiary/aromatic N) is 1. The summed E-state index contributed by atoms with van der Waals surface area (Å²) in [5.74, 6) is 0.0185. The zero-order valence-electron chi connectivity index (χ0n) is 6.39. The topological polar surface area (TPSA) is 23.8 Å². The maximum Gasteiger partial charge on any atom is 0.0778 e. The molecule has 0 saturated heterocycles. The predicted molar refractivity (Wildman–Crippen MR) is 50.8 cm³/mol. The molecular weight excluding hydrogens is 222 g/mol. The van der Waals surface area contributed by atoms with Crippen molar-refractivity contribution in [1.82, 2.24) is 0 Å². The first-order valence-electron chi connectivity index (χ1n) is 3.30. The third-order valence-electron chi connectivity index (χ3n) is 1.50. The Kier molecular flexibility index (Phi) is 2.69. The molecule has 3 heteroatoms. The van der Waals surface area contributed by atoms with Crippen LogP contribution in [0.3, 0.4) is 0 Å². The van der Waals surface area contributed by atoms with Crippen LogP contribution < -0.4 is 0 Å². The fourth-order valence-corrected chi connectivity index (χ4v) is 2.32. The first-order chi connectivity index (χ1) is 5.15. The van der Waals surface area contributed by atoms with E-state index in [1.54, 1.807) is 11.3 Å². The summed E-state index contributed by atoms with van der Waals surface area (Å²) >= 11 is 5.09. The molecule has 0 aliphatic carbocycles. The van der Waals surface area contributed by atoms with Gasteiger partial charge in [-0.3, -0.25) is 0 Å². The second-order valence-electron chi connectivity index (χ2n) is 2.40. The smallest absolute Gasteiger partial charge is 0.0778 e. The molecule has 1 aromatic heterocycles. The molecule has 0 radical (unpaired) electrons. The Morgan fingerprint density at radius 2 is 2.36 bits per heavy atom. The van der Waals surface area contributed by atoms with E-state index in [2.05, 4.69) is 22.0 Å². The molecular formula is C8H8BrNS. The summed E-state index contributed by atoms with van der Waals surface area (Å²) in [6, 6.07) is 4.23. The van der Waals surface area contributed by atoms with Crippen LogP contribution in [0.4, 0.5) is 0 Å². The molecule has 11 heavy (non-hydrogen) atoms. The van der Waals surface area contributed by atoms with Gasteiger partial charge in [0.05, 0.1) is 12.0 Å². The van der Waals surface area contributed by atoms with Crippen molar-refractivity contribution in [3.63, 3.8) is 0 Å². The number of hydrogen-bond acceptors (Lipinski definition) is 2. The number of aryl methyl sites for hydroxylation is 1. The van der Waals surface area contributed by atoms with Crippen LogP contribution in [-0.4, -0.2) is 0 Å². The van der Waals surface area contributed by atoms with Crippen LogP contribution in [0.5, 0.6) is 0 Å². The highest BCUT2D eigenvalue weighted by molar-refractivity contribution is 9.10. The van der Waals surface area contributed by atoms with Crippen LogP contribution >= 0.6 is 27.3 Å². The molecule has 0 saturated carbocycles. The number of nitriles is 1. The summed E-state index contributed by atoms with van der Waals surface area (Å²) in [4.78, 5) is 2.37. The lowest BCUT2D eigenvalue weighted by Crippen LogP contribution is -1.81. The Balaban J connectivity index is 2.99. The quantitative estimate of drug-likeness (QED) is 0.724. The van der Waals surface area contributed by atoms with E-state index < -0.39 is 0 Å². The van der Waals surface area contributed by atoms with Gasteiger partial charge in [-0.2, -0.15) is 5.26 Å². The summed E-state index contributed by atoms with van der Waals surface area (Å²) < 4.78 is 1.11. The lowest BCUT2D eigenvalue weighted by molar-refractivity contribution is 1.01. The molecule has 0 fully saturated rings. The highest BCUT2D eigenvalue weighted by Gasteiger charge is 2.08. The molecule has 0 aliphatic heterocycles. The zero-order chi connectivity index (χ0) is 8.43. The molecule has 1 unspecified atom stereocenters. The second-order valence-corrected chi connectivity index (χ2v) is 4.55. The number of thiophene rings is 1. The Morgan fingerprint density at radius 3 is 2.73 bits per heavy atom. The lowest BCUT2D eigenvalue weighted by atomic mass is 10.2. The van der Waals surface area contributed by atoms with Gasteiger partial charge >= 0.3 is 0 Å². The summed E-state index contributed by atoms with van der Waals surface area (Å²) in [6.07, 6.45) is 0. The molecule has 0 bridgehead atoms. The monoisotopic (exact) mass is 229 g/mol. The van der Waals surface area contributed by atoms with E-state index in [4.69, 9.17) is 5.26 Å². The largest absolute Gasteiger partial charge is 0.198 e. The van der Waals surface area contributed by atoms with E-state index in [0.717, 1.165) is 9.35 Å². The number of halogens is 1. The Bertz CT molecular complexity index is 278. The van der Waals surface area contributed by atoms with E-state index in [0.29, 0.717) is 0 Å². The van der Waals surface area contributed by atoms with E-state index in [1.165, 1.54) is 4.88 Å². The average molecular weight is 230 g/mol. The SMILES string of the molecule is Cc1sc(C(C)C#N)cc1Br. The minimum Gasteiger partial charge on any atom is -0.198 e. The maximum absolute atomic E-state index is 8.63. The fraction of sp³-hybridized carbons (Fsp3) is 0.375. The van der Waals surface area contributed by atoms with Gasteiger partial charge in [-0.1, -0.05) is 0 Å². The fourth-order valence-electron chi connectivity index (χ4n) is 0.759. The first kappa shape index (κ1) is 8.76. The van der Waals surface area contributed by atoms with Crippen molar-refractivity contribution in [3.8, 4) is 6.07 Å². The van der Waals surface area contributed by atoms with Gasteiger partial charge < -0.3 is 0 Å². The van der Waals surface area contributed by atoms with E-state index >= 15 is 0 Å². The summed E-state index contributed by atoms with van der Waals surface area (Å²) in [5.41, 5.74) is 0. The minimum absolute atomic E-state index is 0.0185. The zero-order valence-corrected chi connectivity index (χ0v) is 8.79. The van der Waals surface area contributed by atoms with Gasteiger partial charge in [-0.15, -0.1) is 11.3 Å². The third-order valence-corrected chi connectivity index (χ3v) is 3.82. The highest BCUT2D eigenvalue weighted by Crippen LogP contribution is 2.30. The van der Waals surface area contributed by atoms with Crippen molar-refractivity contribution in [2.24, 2.45) is 0 Å². The van der Waals surface area contributed by atoms with E-state index in [-0.39, 0.29) is 5.92 Å². The molecule has 58 valence electrons. The summed E-state index contributed by atoms with van der Waals surface area (Å²) in [7, 11) is 0. The van der Waals surface area contributed by atoms with Crippen molar-refractivity contribution in [2.45, 2.75) is 19.8 Å². The van der Waals surface area contributed by atoms with Crippen LogP contribution in [0.15, 0.2) is 10.5 Å². The van der Waals surface area contributed by atoms with Gasteiger partial charge in [0, 0.05) is 14.2 Å². The number of hydrogen-bond donors (Lipinski definition) is 0. The minimum atomic E-state index is 0.0185. The van der Waals surface area contributed by atoms with Crippen LogP contribution in [0, 0.1) is 18.3 Å². The molecule has 0 aliphatic rings. The molecule has 1 rings (SSSR count).